The molecule has 1 aliphatic carbocycles. The van der Waals surface area contributed by atoms with Crippen molar-refractivity contribution in [3.8, 4) is 0 Å². The molecule has 0 spiro atoms. The van der Waals surface area contributed by atoms with E-state index in [1.165, 1.54) is 0 Å². The fourth-order valence-electron chi connectivity index (χ4n) is 2.88. The summed E-state index contributed by atoms with van der Waals surface area (Å²) in [6, 6.07) is 6.37. The highest BCUT2D eigenvalue weighted by molar-refractivity contribution is 7.89. The lowest BCUT2D eigenvalue weighted by Gasteiger charge is -2.37. The summed E-state index contributed by atoms with van der Waals surface area (Å²) < 4.78 is 28.0. The van der Waals surface area contributed by atoms with Gasteiger partial charge in [0.25, 0.3) is 0 Å². The van der Waals surface area contributed by atoms with E-state index in [9.17, 15) is 8.42 Å². The maximum Gasteiger partial charge on any atom is 0.240 e. The number of hydrogen-bond donors (Lipinski definition) is 2. The first-order valence-corrected chi connectivity index (χ1v) is 9.59. The fourth-order valence-corrected chi connectivity index (χ4v) is 4.32. The SMILES string of the molecule is CC(C)(C)N[C@H]1CCCC[C@@H]1NS(=O)(=O)c1ccc(Cl)cc1. The molecule has 2 rings (SSSR count). The number of sulfonamides is 1. The Morgan fingerprint density at radius 1 is 1.05 bits per heavy atom. The van der Waals surface area contributed by atoms with Crippen molar-refractivity contribution in [1.82, 2.24) is 10.0 Å². The number of halogens is 1. The van der Waals surface area contributed by atoms with Gasteiger partial charge in [-0.25, -0.2) is 13.1 Å². The lowest BCUT2D eigenvalue weighted by molar-refractivity contribution is 0.255. The molecule has 0 radical (unpaired) electrons. The van der Waals surface area contributed by atoms with E-state index in [2.05, 4.69) is 30.8 Å². The van der Waals surface area contributed by atoms with Crippen LogP contribution in [-0.2, 0) is 10.0 Å². The van der Waals surface area contributed by atoms with Crippen molar-refractivity contribution < 1.29 is 8.42 Å². The topological polar surface area (TPSA) is 58.2 Å². The average molecular weight is 345 g/mol. The summed E-state index contributed by atoms with van der Waals surface area (Å²) in [7, 11) is -3.51. The van der Waals surface area contributed by atoms with Crippen LogP contribution in [0.25, 0.3) is 0 Å². The molecule has 0 amide bonds. The Morgan fingerprint density at radius 2 is 1.59 bits per heavy atom. The molecular formula is C16H25ClN2O2S. The minimum atomic E-state index is -3.51. The normalized spacial score (nSPS) is 23.5. The van der Waals surface area contributed by atoms with E-state index in [0.717, 1.165) is 25.7 Å². The molecule has 2 N–H and O–H groups in total. The first-order valence-electron chi connectivity index (χ1n) is 7.73. The molecule has 0 bridgehead atoms. The van der Waals surface area contributed by atoms with Crippen molar-refractivity contribution in [1.29, 1.82) is 0 Å². The standard InChI is InChI=1S/C16H25ClN2O2S/c1-16(2,3)18-14-6-4-5-7-15(14)19-22(20,21)13-10-8-12(17)9-11-13/h8-11,14-15,18-19H,4-7H2,1-3H3/t14-,15-/m0/s1. The molecule has 1 aromatic carbocycles. The monoisotopic (exact) mass is 344 g/mol. The van der Waals surface area contributed by atoms with Gasteiger partial charge in [0, 0.05) is 22.6 Å². The molecule has 6 heteroatoms. The molecule has 0 saturated heterocycles. The predicted molar refractivity (Wildman–Crippen MR) is 90.7 cm³/mol. The van der Waals surface area contributed by atoms with Gasteiger partial charge in [0.15, 0.2) is 0 Å². The molecule has 1 aliphatic rings. The van der Waals surface area contributed by atoms with E-state index < -0.39 is 10.0 Å². The lowest BCUT2D eigenvalue weighted by atomic mass is 9.89. The zero-order valence-corrected chi connectivity index (χ0v) is 15.0. The number of hydrogen-bond acceptors (Lipinski definition) is 3. The zero-order chi connectivity index (χ0) is 16.4. The van der Waals surface area contributed by atoms with Crippen LogP contribution in [0.1, 0.15) is 46.5 Å². The Bertz CT molecular complexity index is 594. The number of nitrogens with one attached hydrogen (secondary N) is 2. The van der Waals surface area contributed by atoms with Gasteiger partial charge in [0.1, 0.15) is 0 Å². The molecule has 0 aliphatic heterocycles. The highest BCUT2D eigenvalue weighted by atomic mass is 35.5. The van der Waals surface area contributed by atoms with Crippen LogP contribution < -0.4 is 10.0 Å². The zero-order valence-electron chi connectivity index (χ0n) is 13.4. The van der Waals surface area contributed by atoms with E-state index in [1.807, 2.05) is 0 Å². The predicted octanol–water partition coefficient (Wildman–Crippen LogP) is 3.32. The first kappa shape index (κ1) is 17.7. The number of rotatable bonds is 4. The van der Waals surface area contributed by atoms with E-state index in [0.29, 0.717) is 5.02 Å². The third kappa shape index (κ3) is 4.95. The van der Waals surface area contributed by atoms with E-state index in [4.69, 9.17) is 11.6 Å². The summed E-state index contributed by atoms with van der Waals surface area (Å²) in [5.74, 6) is 0. The fraction of sp³-hybridized carbons (Fsp3) is 0.625. The van der Waals surface area contributed by atoms with Crippen molar-refractivity contribution in [2.24, 2.45) is 0 Å². The minimum absolute atomic E-state index is 0.0357. The Balaban J connectivity index is 2.13. The van der Waals surface area contributed by atoms with Crippen LogP contribution in [-0.4, -0.2) is 26.0 Å². The Labute approximate surface area is 138 Å². The molecule has 0 aromatic heterocycles. The lowest BCUT2D eigenvalue weighted by Crippen LogP contribution is -2.56. The summed E-state index contributed by atoms with van der Waals surface area (Å²) >= 11 is 5.82. The summed E-state index contributed by atoms with van der Waals surface area (Å²) in [6.45, 7) is 6.31. The Hall–Kier alpha value is -0.620. The van der Waals surface area contributed by atoms with Gasteiger partial charge in [-0.2, -0.15) is 0 Å². The smallest absolute Gasteiger partial charge is 0.240 e. The third-order valence-corrected chi connectivity index (χ3v) is 5.57. The second-order valence-corrected chi connectivity index (χ2v) is 9.12. The van der Waals surface area contributed by atoms with Crippen molar-refractivity contribution >= 4 is 21.6 Å². The van der Waals surface area contributed by atoms with Crippen molar-refractivity contribution in [2.45, 2.75) is 69.0 Å². The molecule has 124 valence electrons. The van der Waals surface area contributed by atoms with Gasteiger partial charge in [-0.05, 0) is 57.9 Å². The van der Waals surface area contributed by atoms with Crippen LogP contribution in [0.3, 0.4) is 0 Å². The van der Waals surface area contributed by atoms with Crippen LogP contribution in [0, 0.1) is 0 Å². The van der Waals surface area contributed by atoms with Crippen LogP contribution in [0.4, 0.5) is 0 Å². The van der Waals surface area contributed by atoms with Crippen LogP contribution >= 0.6 is 11.6 Å². The summed E-state index contributed by atoms with van der Waals surface area (Å²) in [5.41, 5.74) is -0.0357. The van der Waals surface area contributed by atoms with Crippen molar-refractivity contribution in [3.05, 3.63) is 29.3 Å². The van der Waals surface area contributed by atoms with Crippen LogP contribution in [0.15, 0.2) is 29.2 Å². The molecule has 0 heterocycles. The highest BCUT2D eigenvalue weighted by Gasteiger charge is 2.31. The van der Waals surface area contributed by atoms with Gasteiger partial charge < -0.3 is 5.32 Å². The minimum Gasteiger partial charge on any atom is -0.308 e. The maximum atomic E-state index is 12.5. The molecule has 1 saturated carbocycles. The second kappa shape index (κ2) is 6.87. The summed E-state index contributed by atoms with van der Waals surface area (Å²) in [6.07, 6.45) is 4.04. The van der Waals surface area contributed by atoms with Gasteiger partial charge in [-0.15, -0.1) is 0 Å². The number of benzene rings is 1. The van der Waals surface area contributed by atoms with E-state index in [-0.39, 0.29) is 22.5 Å². The summed E-state index contributed by atoms with van der Waals surface area (Å²) in [4.78, 5) is 0.261. The Morgan fingerprint density at radius 3 is 2.14 bits per heavy atom. The average Bonchev–Trinajstić information content (AvgIpc) is 2.39. The van der Waals surface area contributed by atoms with Gasteiger partial charge in [0.2, 0.25) is 10.0 Å². The second-order valence-electron chi connectivity index (χ2n) is 6.97. The van der Waals surface area contributed by atoms with Crippen molar-refractivity contribution in [2.75, 3.05) is 0 Å². The van der Waals surface area contributed by atoms with Gasteiger partial charge >= 0.3 is 0 Å². The molecule has 4 nitrogen and oxygen atoms in total. The van der Waals surface area contributed by atoms with Gasteiger partial charge in [-0.1, -0.05) is 24.4 Å². The summed E-state index contributed by atoms with van der Waals surface area (Å²) in [5, 5.41) is 4.07. The molecule has 1 aromatic rings. The first-order chi connectivity index (χ1) is 10.2. The quantitative estimate of drug-likeness (QED) is 0.880. The van der Waals surface area contributed by atoms with Crippen molar-refractivity contribution in [3.63, 3.8) is 0 Å². The van der Waals surface area contributed by atoms with E-state index in [1.54, 1.807) is 24.3 Å². The molecule has 2 atom stereocenters. The maximum absolute atomic E-state index is 12.5. The highest BCUT2D eigenvalue weighted by Crippen LogP contribution is 2.23. The van der Waals surface area contributed by atoms with Gasteiger partial charge in [0.05, 0.1) is 4.90 Å². The molecule has 0 unspecified atom stereocenters. The Kier molecular flexibility index (Phi) is 5.54. The molecular weight excluding hydrogens is 320 g/mol. The van der Waals surface area contributed by atoms with Crippen LogP contribution in [0.2, 0.25) is 5.02 Å². The molecule has 1 fully saturated rings. The molecule has 22 heavy (non-hydrogen) atoms. The largest absolute Gasteiger partial charge is 0.308 e. The van der Waals surface area contributed by atoms with Crippen LogP contribution in [0.5, 0.6) is 0 Å². The third-order valence-electron chi connectivity index (χ3n) is 3.81. The van der Waals surface area contributed by atoms with E-state index >= 15 is 0 Å². The van der Waals surface area contributed by atoms with Gasteiger partial charge in [-0.3, -0.25) is 0 Å².